The molecule has 1 unspecified atom stereocenters. The molecule has 1 fully saturated rings. The third-order valence-corrected chi connectivity index (χ3v) is 3.49. The Balaban J connectivity index is 1.61. The van der Waals surface area contributed by atoms with Crippen LogP contribution in [0.3, 0.4) is 0 Å². The predicted molar refractivity (Wildman–Crippen MR) is 78.2 cm³/mol. The molecule has 0 radical (unpaired) electrons. The van der Waals surface area contributed by atoms with Crippen LogP contribution in [-0.4, -0.2) is 38.4 Å². The van der Waals surface area contributed by atoms with Crippen molar-refractivity contribution in [2.45, 2.75) is 25.4 Å². The summed E-state index contributed by atoms with van der Waals surface area (Å²) >= 11 is 5.75. The first-order valence-corrected chi connectivity index (χ1v) is 7.47. The van der Waals surface area contributed by atoms with Gasteiger partial charge in [0.2, 0.25) is 0 Å². The van der Waals surface area contributed by atoms with Crippen LogP contribution in [0.2, 0.25) is 5.02 Å². The lowest BCUT2D eigenvalue weighted by molar-refractivity contribution is 0.0166. The lowest BCUT2D eigenvalue weighted by Gasteiger charge is -2.10. The van der Waals surface area contributed by atoms with Gasteiger partial charge in [0.15, 0.2) is 0 Å². The van der Waals surface area contributed by atoms with E-state index in [0.717, 1.165) is 19.4 Å². The third-order valence-electron chi connectivity index (χ3n) is 3.25. The van der Waals surface area contributed by atoms with E-state index in [0.29, 0.717) is 31.2 Å². The van der Waals surface area contributed by atoms with Crippen LogP contribution in [0.1, 0.15) is 29.6 Å². The average molecular weight is 316 g/mol. The maximum Gasteiger partial charge on any atom is 0.254 e. The molecule has 1 atom stereocenters. The van der Waals surface area contributed by atoms with E-state index in [1.165, 1.54) is 18.2 Å². The van der Waals surface area contributed by atoms with Gasteiger partial charge in [0.1, 0.15) is 5.82 Å². The number of carbonyl (C=O) groups excluding carboxylic acids is 1. The van der Waals surface area contributed by atoms with Crippen LogP contribution in [0, 0.1) is 5.82 Å². The van der Waals surface area contributed by atoms with Crippen molar-refractivity contribution in [1.82, 2.24) is 5.32 Å². The molecule has 21 heavy (non-hydrogen) atoms. The van der Waals surface area contributed by atoms with Gasteiger partial charge >= 0.3 is 0 Å². The Morgan fingerprint density at radius 1 is 1.52 bits per heavy atom. The second-order valence-electron chi connectivity index (χ2n) is 4.94. The predicted octanol–water partition coefficient (Wildman–Crippen LogP) is 2.79. The van der Waals surface area contributed by atoms with Crippen molar-refractivity contribution in [2.75, 3.05) is 26.4 Å². The fraction of sp³-hybridized carbons (Fsp3) is 0.533. The normalized spacial score (nSPS) is 17.9. The average Bonchev–Trinajstić information content (AvgIpc) is 2.98. The van der Waals surface area contributed by atoms with Crippen LogP contribution >= 0.6 is 11.6 Å². The molecular formula is C15H19ClFNO3. The van der Waals surface area contributed by atoms with Gasteiger partial charge in [-0.3, -0.25) is 4.79 Å². The van der Waals surface area contributed by atoms with Crippen molar-refractivity contribution >= 4 is 17.5 Å². The SMILES string of the molecule is O=C(NCCCOCC1CCCO1)c1cc(Cl)ccc1F. The topological polar surface area (TPSA) is 47.6 Å². The largest absolute Gasteiger partial charge is 0.379 e. The van der Waals surface area contributed by atoms with Crippen molar-refractivity contribution in [1.29, 1.82) is 0 Å². The minimum absolute atomic E-state index is 0.0391. The Morgan fingerprint density at radius 3 is 3.14 bits per heavy atom. The molecule has 0 saturated carbocycles. The molecule has 4 nitrogen and oxygen atoms in total. The summed E-state index contributed by atoms with van der Waals surface area (Å²) in [4.78, 5) is 11.8. The van der Waals surface area contributed by atoms with E-state index < -0.39 is 11.7 Å². The minimum atomic E-state index is -0.577. The van der Waals surface area contributed by atoms with Gasteiger partial charge < -0.3 is 14.8 Å². The quantitative estimate of drug-likeness (QED) is 0.787. The maximum absolute atomic E-state index is 13.5. The first-order chi connectivity index (χ1) is 10.2. The second kappa shape index (κ2) is 8.32. The monoisotopic (exact) mass is 315 g/mol. The summed E-state index contributed by atoms with van der Waals surface area (Å²) in [5, 5.41) is 2.98. The maximum atomic E-state index is 13.5. The number of nitrogens with one attached hydrogen (secondary N) is 1. The number of benzene rings is 1. The Labute approximate surface area is 128 Å². The summed E-state index contributed by atoms with van der Waals surface area (Å²) < 4.78 is 24.4. The highest BCUT2D eigenvalue weighted by Crippen LogP contribution is 2.14. The summed E-state index contributed by atoms with van der Waals surface area (Å²) in [5.74, 6) is -1.04. The molecule has 1 aromatic rings. The first kappa shape index (κ1) is 16.2. The molecule has 0 spiro atoms. The van der Waals surface area contributed by atoms with E-state index in [2.05, 4.69) is 5.32 Å². The lowest BCUT2D eigenvalue weighted by Crippen LogP contribution is -2.26. The summed E-state index contributed by atoms with van der Waals surface area (Å²) in [5.41, 5.74) is -0.0391. The number of rotatable bonds is 7. The molecule has 0 aromatic heterocycles. The van der Waals surface area contributed by atoms with Crippen molar-refractivity contribution in [3.05, 3.63) is 34.6 Å². The van der Waals surface area contributed by atoms with E-state index in [1.807, 2.05) is 0 Å². The molecule has 116 valence electrons. The van der Waals surface area contributed by atoms with E-state index >= 15 is 0 Å². The highest BCUT2D eigenvalue weighted by molar-refractivity contribution is 6.30. The number of halogens is 2. The fourth-order valence-corrected chi connectivity index (χ4v) is 2.31. The van der Waals surface area contributed by atoms with Crippen molar-refractivity contribution in [2.24, 2.45) is 0 Å². The van der Waals surface area contributed by atoms with Crippen molar-refractivity contribution in [3.8, 4) is 0 Å². The Kier molecular flexibility index (Phi) is 6.42. The van der Waals surface area contributed by atoms with Gasteiger partial charge in [0.25, 0.3) is 5.91 Å². The number of ether oxygens (including phenoxy) is 2. The van der Waals surface area contributed by atoms with Crippen LogP contribution in [0.4, 0.5) is 4.39 Å². The van der Waals surface area contributed by atoms with Crippen LogP contribution in [-0.2, 0) is 9.47 Å². The first-order valence-electron chi connectivity index (χ1n) is 7.09. The summed E-state index contributed by atoms with van der Waals surface area (Å²) in [7, 11) is 0. The van der Waals surface area contributed by atoms with Crippen molar-refractivity contribution in [3.63, 3.8) is 0 Å². The summed E-state index contributed by atoms with van der Waals surface area (Å²) in [6.07, 6.45) is 3.01. The Bertz CT molecular complexity index is 478. The number of hydrogen-bond acceptors (Lipinski definition) is 3. The number of hydrogen-bond donors (Lipinski definition) is 1. The molecule has 0 bridgehead atoms. The molecule has 1 aromatic carbocycles. The van der Waals surface area contributed by atoms with Crippen LogP contribution < -0.4 is 5.32 Å². The second-order valence-corrected chi connectivity index (χ2v) is 5.38. The molecule has 1 amide bonds. The molecule has 6 heteroatoms. The Morgan fingerprint density at radius 2 is 2.38 bits per heavy atom. The minimum Gasteiger partial charge on any atom is -0.379 e. The van der Waals surface area contributed by atoms with Crippen molar-refractivity contribution < 1.29 is 18.7 Å². The van der Waals surface area contributed by atoms with Gasteiger partial charge in [-0.25, -0.2) is 4.39 Å². The molecule has 1 saturated heterocycles. The van der Waals surface area contributed by atoms with E-state index in [-0.39, 0.29) is 11.7 Å². The molecule has 1 aliphatic heterocycles. The molecule has 2 rings (SSSR count). The summed E-state index contributed by atoms with van der Waals surface area (Å²) in [6.45, 7) is 2.38. The number of amides is 1. The van der Waals surface area contributed by atoms with Gasteiger partial charge in [-0.1, -0.05) is 11.6 Å². The molecule has 1 aliphatic rings. The standard InChI is InChI=1S/C15H19ClFNO3/c16-11-4-5-14(17)13(9-11)15(19)18-6-2-7-20-10-12-3-1-8-21-12/h4-5,9,12H,1-3,6-8,10H2,(H,18,19). The summed E-state index contributed by atoms with van der Waals surface area (Å²) in [6, 6.07) is 3.91. The zero-order valence-corrected chi connectivity index (χ0v) is 12.5. The van der Waals surface area contributed by atoms with E-state index in [4.69, 9.17) is 21.1 Å². The van der Waals surface area contributed by atoms with E-state index in [1.54, 1.807) is 0 Å². The molecule has 0 aliphatic carbocycles. The highest BCUT2D eigenvalue weighted by atomic mass is 35.5. The fourth-order valence-electron chi connectivity index (χ4n) is 2.13. The smallest absolute Gasteiger partial charge is 0.254 e. The van der Waals surface area contributed by atoms with Gasteiger partial charge in [0, 0.05) is 24.8 Å². The van der Waals surface area contributed by atoms with E-state index in [9.17, 15) is 9.18 Å². The van der Waals surface area contributed by atoms with Gasteiger partial charge in [-0.15, -0.1) is 0 Å². The zero-order valence-electron chi connectivity index (χ0n) is 11.7. The molecule has 1 heterocycles. The van der Waals surface area contributed by atoms with Gasteiger partial charge in [-0.2, -0.15) is 0 Å². The molecular weight excluding hydrogens is 297 g/mol. The number of carbonyl (C=O) groups is 1. The Hall–Kier alpha value is -1.17. The highest BCUT2D eigenvalue weighted by Gasteiger charge is 2.15. The zero-order chi connectivity index (χ0) is 15.1. The van der Waals surface area contributed by atoms with Gasteiger partial charge in [0.05, 0.1) is 18.3 Å². The van der Waals surface area contributed by atoms with Crippen LogP contribution in [0.25, 0.3) is 0 Å². The van der Waals surface area contributed by atoms with Crippen LogP contribution in [0.5, 0.6) is 0 Å². The third kappa shape index (κ3) is 5.26. The molecule has 1 N–H and O–H groups in total. The van der Waals surface area contributed by atoms with Gasteiger partial charge in [-0.05, 0) is 37.5 Å². The van der Waals surface area contributed by atoms with Crippen LogP contribution in [0.15, 0.2) is 18.2 Å². The lowest BCUT2D eigenvalue weighted by atomic mass is 10.2.